The highest BCUT2D eigenvalue weighted by Crippen LogP contribution is 2.21. The summed E-state index contributed by atoms with van der Waals surface area (Å²) < 4.78 is 7.03. The highest BCUT2D eigenvalue weighted by atomic mass is 16.5. The number of rotatable bonds is 7. The maximum atomic E-state index is 12.7. The number of aromatic nitrogens is 2. The zero-order chi connectivity index (χ0) is 15.9. The number of ether oxygens (including phenoxy) is 1. The molecular weight excluding hydrogens is 278 g/mol. The minimum absolute atomic E-state index is 0.0739. The van der Waals surface area contributed by atoms with Gasteiger partial charge in [0.25, 0.3) is 5.91 Å². The van der Waals surface area contributed by atoms with Gasteiger partial charge in [-0.15, -0.1) is 0 Å². The number of carbonyl (C=O) groups is 1. The van der Waals surface area contributed by atoms with E-state index in [4.69, 9.17) is 4.74 Å². The molecule has 1 aromatic heterocycles. The number of hydrogen-bond acceptors (Lipinski definition) is 3. The lowest BCUT2D eigenvalue weighted by molar-refractivity contribution is 0.0746. The molecule has 0 spiro atoms. The summed E-state index contributed by atoms with van der Waals surface area (Å²) in [7, 11) is 1.56. The summed E-state index contributed by atoms with van der Waals surface area (Å²) in [5.41, 5.74) is 1.27. The Morgan fingerprint density at radius 3 is 2.36 bits per heavy atom. The van der Waals surface area contributed by atoms with Crippen LogP contribution in [0.5, 0.6) is 5.75 Å². The molecule has 2 aromatic rings. The van der Waals surface area contributed by atoms with Crippen LogP contribution in [-0.2, 0) is 0 Å². The predicted molar refractivity (Wildman–Crippen MR) is 86.6 cm³/mol. The van der Waals surface area contributed by atoms with Crippen LogP contribution in [0.25, 0.3) is 5.69 Å². The van der Waals surface area contributed by atoms with Gasteiger partial charge in [0.05, 0.1) is 19.0 Å². The first-order valence-electron chi connectivity index (χ1n) is 7.69. The van der Waals surface area contributed by atoms with Crippen molar-refractivity contribution in [1.82, 2.24) is 14.7 Å². The SMILES string of the molecule is CCCN(CCC)C(=O)c1nn(-c2ccccc2)cc1OC. The zero-order valence-electron chi connectivity index (χ0n) is 13.5. The quantitative estimate of drug-likeness (QED) is 0.789. The molecule has 5 nitrogen and oxygen atoms in total. The van der Waals surface area contributed by atoms with E-state index in [2.05, 4.69) is 18.9 Å². The number of para-hydroxylation sites is 1. The van der Waals surface area contributed by atoms with E-state index in [-0.39, 0.29) is 5.91 Å². The van der Waals surface area contributed by atoms with Crippen molar-refractivity contribution >= 4 is 5.91 Å². The van der Waals surface area contributed by atoms with Crippen molar-refractivity contribution in [2.75, 3.05) is 20.2 Å². The third-order valence-corrected chi connectivity index (χ3v) is 3.40. The van der Waals surface area contributed by atoms with Crippen molar-refractivity contribution in [1.29, 1.82) is 0 Å². The lowest BCUT2D eigenvalue weighted by atomic mass is 10.3. The average Bonchev–Trinajstić information content (AvgIpc) is 2.99. The molecule has 0 saturated heterocycles. The molecule has 0 fully saturated rings. The summed E-state index contributed by atoms with van der Waals surface area (Å²) in [6, 6.07) is 9.70. The van der Waals surface area contributed by atoms with Crippen molar-refractivity contribution in [3.63, 3.8) is 0 Å². The molecule has 5 heteroatoms. The minimum Gasteiger partial charge on any atom is -0.493 e. The van der Waals surface area contributed by atoms with E-state index in [1.54, 1.807) is 18.0 Å². The Morgan fingerprint density at radius 1 is 1.18 bits per heavy atom. The molecule has 1 amide bonds. The molecule has 0 aliphatic carbocycles. The van der Waals surface area contributed by atoms with Crippen LogP contribution in [0.4, 0.5) is 0 Å². The van der Waals surface area contributed by atoms with Crippen LogP contribution in [0.2, 0.25) is 0 Å². The van der Waals surface area contributed by atoms with Gasteiger partial charge in [0.1, 0.15) is 0 Å². The smallest absolute Gasteiger partial charge is 0.278 e. The topological polar surface area (TPSA) is 47.4 Å². The summed E-state index contributed by atoms with van der Waals surface area (Å²) in [6.45, 7) is 5.59. The summed E-state index contributed by atoms with van der Waals surface area (Å²) in [4.78, 5) is 14.6. The van der Waals surface area contributed by atoms with Crippen LogP contribution < -0.4 is 4.74 Å². The maximum Gasteiger partial charge on any atom is 0.278 e. The van der Waals surface area contributed by atoms with Crippen molar-refractivity contribution in [2.45, 2.75) is 26.7 Å². The average molecular weight is 301 g/mol. The summed E-state index contributed by atoms with van der Waals surface area (Å²) in [5, 5.41) is 4.44. The molecule has 0 bridgehead atoms. The van der Waals surface area contributed by atoms with Gasteiger partial charge in [-0.25, -0.2) is 4.68 Å². The lowest BCUT2D eigenvalue weighted by Crippen LogP contribution is -2.33. The zero-order valence-corrected chi connectivity index (χ0v) is 13.5. The Hall–Kier alpha value is -2.30. The normalized spacial score (nSPS) is 10.5. The predicted octanol–water partition coefficient (Wildman–Crippen LogP) is 3.14. The van der Waals surface area contributed by atoms with E-state index in [1.807, 2.05) is 35.2 Å². The number of amides is 1. The van der Waals surface area contributed by atoms with Crippen molar-refractivity contribution in [2.24, 2.45) is 0 Å². The van der Waals surface area contributed by atoms with Crippen LogP contribution in [-0.4, -0.2) is 40.8 Å². The first-order chi connectivity index (χ1) is 10.7. The highest BCUT2D eigenvalue weighted by Gasteiger charge is 2.23. The number of carbonyl (C=O) groups excluding carboxylic acids is 1. The van der Waals surface area contributed by atoms with Gasteiger partial charge in [-0.2, -0.15) is 5.10 Å². The summed E-state index contributed by atoms with van der Waals surface area (Å²) in [5.74, 6) is 0.432. The van der Waals surface area contributed by atoms with Crippen LogP contribution >= 0.6 is 0 Å². The molecule has 22 heavy (non-hydrogen) atoms. The minimum atomic E-state index is -0.0739. The van der Waals surface area contributed by atoms with Gasteiger partial charge >= 0.3 is 0 Å². The molecule has 0 N–H and O–H groups in total. The first kappa shape index (κ1) is 16.1. The van der Waals surface area contributed by atoms with Gasteiger partial charge in [0.15, 0.2) is 11.4 Å². The van der Waals surface area contributed by atoms with Crippen LogP contribution in [0, 0.1) is 0 Å². The first-order valence-corrected chi connectivity index (χ1v) is 7.69. The lowest BCUT2D eigenvalue weighted by Gasteiger charge is -2.20. The number of nitrogens with zero attached hydrogens (tertiary/aromatic N) is 3. The fourth-order valence-electron chi connectivity index (χ4n) is 2.37. The molecule has 118 valence electrons. The largest absolute Gasteiger partial charge is 0.493 e. The fraction of sp³-hybridized carbons (Fsp3) is 0.412. The molecule has 0 saturated carbocycles. The van der Waals surface area contributed by atoms with E-state index in [9.17, 15) is 4.79 Å². The Morgan fingerprint density at radius 2 is 1.82 bits per heavy atom. The number of benzene rings is 1. The Kier molecular flexibility index (Phi) is 5.58. The van der Waals surface area contributed by atoms with E-state index in [0.29, 0.717) is 11.4 Å². The number of hydrogen-bond donors (Lipinski definition) is 0. The van der Waals surface area contributed by atoms with Gasteiger partial charge in [0.2, 0.25) is 0 Å². The second kappa shape index (κ2) is 7.64. The number of methoxy groups -OCH3 is 1. The molecule has 0 aliphatic rings. The molecule has 0 unspecified atom stereocenters. The molecule has 1 aromatic carbocycles. The molecule has 0 atom stereocenters. The maximum absolute atomic E-state index is 12.7. The molecule has 0 radical (unpaired) electrons. The third kappa shape index (κ3) is 3.47. The van der Waals surface area contributed by atoms with Gasteiger partial charge < -0.3 is 9.64 Å². The molecule has 2 rings (SSSR count). The second-order valence-electron chi connectivity index (χ2n) is 5.12. The van der Waals surface area contributed by atoms with E-state index >= 15 is 0 Å². The highest BCUT2D eigenvalue weighted by molar-refractivity contribution is 5.95. The van der Waals surface area contributed by atoms with Gasteiger partial charge in [-0.1, -0.05) is 32.0 Å². The third-order valence-electron chi connectivity index (χ3n) is 3.40. The van der Waals surface area contributed by atoms with Gasteiger partial charge in [-0.3, -0.25) is 4.79 Å². The van der Waals surface area contributed by atoms with Crippen molar-refractivity contribution < 1.29 is 9.53 Å². The Labute approximate surface area is 131 Å². The molecule has 0 aliphatic heterocycles. The molecular formula is C17H23N3O2. The van der Waals surface area contributed by atoms with Gasteiger partial charge in [0, 0.05) is 13.1 Å². The summed E-state index contributed by atoms with van der Waals surface area (Å²) in [6.07, 6.45) is 3.60. The Bertz CT molecular complexity index is 602. The standard InChI is InChI=1S/C17H23N3O2/c1-4-11-19(12-5-2)17(21)16-15(22-3)13-20(18-16)14-9-7-6-8-10-14/h6-10,13H,4-5,11-12H2,1-3H3. The van der Waals surface area contributed by atoms with Crippen LogP contribution in [0.1, 0.15) is 37.2 Å². The molecule has 1 heterocycles. The Balaban J connectivity index is 2.33. The van der Waals surface area contributed by atoms with Gasteiger partial charge in [-0.05, 0) is 25.0 Å². The summed E-state index contributed by atoms with van der Waals surface area (Å²) >= 11 is 0. The van der Waals surface area contributed by atoms with Crippen molar-refractivity contribution in [3.8, 4) is 11.4 Å². The van der Waals surface area contributed by atoms with Crippen LogP contribution in [0.3, 0.4) is 0 Å². The monoisotopic (exact) mass is 301 g/mol. The van der Waals surface area contributed by atoms with Crippen LogP contribution in [0.15, 0.2) is 36.5 Å². The van der Waals surface area contributed by atoms with E-state index in [1.165, 1.54) is 0 Å². The van der Waals surface area contributed by atoms with E-state index < -0.39 is 0 Å². The second-order valence-corrected chi connectivity index (χ2v) is 5.12. The fourth-order valence-corrected chi connectivity index (χ4v) is 2.37. The van der Waals surface area contributed by atoms with Crippen molar-refractivity contribution in [3.05, 3.63) is 42.2 Å². The van der Waals surface area contributed by atoms with E-state index in [0.717, 1.165) is 31.6 Å².